The molecule has 0 saturated carbocycles. The van der Waals surface area contributed by atoms with Gasteiger partial charge in [-0.15, -0.1) is 0 Å². The quantitative estimate of drug-likeness (QED) is 0.159. The summed E-state index contributed by atoms with van der Waals surface area (Å²) in [6.45, 7) is -0.919. The van der Waals surface area contributed by atoms with Crippen LogP contribution >= 0.6 is 0 Å². The first-order chi connectivity index (χ1) is 22.0. The highest BCUT2D eigenvalue weighted by Crippen LogP contribution is 2.46. The largest absolute Gasteiger partial charge is 0.473 e. The van der Waals surface area contributed by atoms with Gasteiger partial charge < -0.3 is 9.47 Å². The van der Waals surface area contributed by atoms with E-state index in [0.717, 1.165) is 34.9 Å². The highest BCUT2D eigenvalue weighted by Gasteiger charge is 2.52. The number of hydrogen-bond acceptors (Lipinski definition) is 6. The number of nitrogens with zero attached hydrogens (tertiary/aromatic N) is 4. The van der Waals surface area contributed by atoms with Gasteiger partial charge in [-0.3, -0.25) is 14.9 Å². The molecule has 1 aliphatic rings. The normalized spacial score (nSPS) is 17.5. The first kappa shape index (κ1) is 31.2. The minimum Gasteiger partial charge on any atom is -0.473 e. The standard InChI is InChI=1S/C33H25F7N4O2/c34-23-7-8-29(26(35)13-23)46-24-12-22-16-41-28(14-27(22)42-17-24)31(33(38,39)40)44-11-10-32(36,37)25(18-44)21-6-9-30(43-15-21)45-19-20-4-2-1-3-5-20/h1-9,12-17,25,31H,10-11,18-19H2. The van der Waals surface area contributed by atoms with Crippen LogP contribution in [0.2, 0.25) is 0 Å². The van der Waals surface area contributed by atoms with Gasteiger partial charge >= 0.3 is 6.18 Å². The summed E-state index contributed by atoms with van der Waals surface area (Å²) in [5.74, 6) is -6.61. The van der Waals surface area contributed by atoms with E-state index < -0.39 is 60.9 Å². The molecule has 0 bridgehead atoms. The molecule has 0 N–H and O–H groups in total. The molecule has 6 rings (SSSR count). The van der Waals surface area contributed by atoms with Gasteiger partial charge in [-0.05, 0) is 35.4 Å². The summed E-state index contributed by atoms with van der Waals surface area (Å²) in [6, 6.07) is 15.0. The van der Waals surface area contributed by atoms with E-state index in [0.29, 0.717) is 6.07 Å². The van der Waals surface area contributed by atoms with Crippen molar-refractivity contribution in [3.8, 4) is 17.4 Å². The van der Waals surface area contributed by atoms with E-state index in [4.69, 9.17) is 9.47 Å². The van der Waals surface area contributed by atoms with Gasteiger partial charge in [-0.2, -0.15) is 13.2 Å². The number of likely N-dealkylation sites (tertiary alicyclic amines) is 1. The third-order valence-corrected chi connectivity index (χ3v) is 7.69. The van der Waals surface area contributed by atoms with Crippen LogP contribution in [0.4, 0.5) is 30.7 Å². The SMILES string of the molecule is Fc1ccc(Oc2cnc3cc(C(N4CCC(F)(F)C(c5ccc(OCc6ccccc6)nc5)C4)C(F)(F)F)ncc3c2)c(F)c1. The molecule has 2 unspecified atom stereocenters. The summed E-state index contributed by atoms with van der Waals surface area (Å²) in [7, 11) is 0. The monoisotopic (exact) mass is 642 g/mol. The van der Waals surface area contributed by atoms with Crippen molar-refractivity contribution >= 4 is 10.9 Å². The zero-order valence-corrected chi connectivity index (χ0v) is 23.9. The van der Waals surface area contributed by atoms with E-state index in [9.17, 15) is 22.0 Å². The lowest BCUT2D eigenvalue weighted by Crippen LogP contribution is -2.50. The van der Waals surface area contributed by atoms with Crippen molar-refractivity contribution in [2.75, 3.05) is 13.1 Å². The number of fused-ring (bicyclic) bond motifs is 1. The molecule has 46 heavy (non-hydrogen) atoms. The Balaban J connectivity index is 1.22. The molecule has 1 aliphatic heterocycles. The highest BCUT2D eigenvalue weighted by molar-refractivity contribution is 5.79. The Morgan fingerprint density at radius 3 is 2.41 bits per heavy atom. The van der Waals surface area contributed by atoms with Gasteiger partial charge in [0.2, 0.25) is 5.88 Å². The van der Waals surface area contributed by atoms with Gasteiger partial charge in [0.25, 0.3) is 5.92 Å². The van der Waals surface area contributed by atoms with E-state index in [1.807, 2.05) is 30.3 Å². The topological polar surface area (TPSA) is 60.4 Å². The van der Waals surface area contributed by atoms with Crippen LogP contribution in [-0.4, -0.2) is 45.0 Å². The first-order valence-corrected chi connectivity index (χ1v) is 14.2. The Morgan fingerprint density at radius 2 is 1.70 bits per heavy atom. The smallest absolute Gasteiger partial charge is 0.409 e. The molecular weight excluding hydrogens is 617 g/mol. The second-order valence-electron chi connectivity index (χ2n) is 10.9. The van der Waals surface area contributed by atoms with Crippen molar-refractivity contribution in [3.05, 3.63) is 120 Å². The second-order valence-corrected chi connectivity index (χ2v) is 10.9. The molecule has 0 spiro atoms. The molecule has 0 aliphatic carbocycles. The van der Waals surface area contributed by atoms with E-state index in [-0.39, 0.29) is 40.5 Å². The molecule has 1 saturated heterocycles. The Hall–Kier alpha value is -4.78. The van der Waals surface area contributed by atoms with Crippen molar-refractivity contribution in [1.29, 1.82) is 0 Å². The maximum absolute atomic E-state index is 15.2. The lowest BCUT2D eigenvalue weighted by molar-refractivity contribution is -0.201. The van der Waals surface area contributed by atoms with Crippen LogP contribution in [0, 0.1) is 11.6 Å². The molecule has 5 aromatic rings. The van der Waals surface area contributed by atoms with Gasteiger partial charge in [0, 0.05) is 49.4 Å². The molecule has 0 radical (unpaired) electrons. The number of benzene rings is 2. The molecule has 13 heteroatoms. The number of hydrogen-bond donors (Lipinski definition) is 0. The molecule has 0 amide bonds. The molecular formula is C33H25F7N4O2. The van der Waals surface area contributed by atoms with Crippen molar-refractivity contribution in [3.63, 3.8) is 0 Å². The van der Waals surface area contributed by atoms with Crippen molar-refractivity contribution in [2.24, 2.45) is 0 Å². The Morgan fingerprint density at radius 1 is 0.891 bits per heavy atom. The highest BCUT2D eigenvalue weighted by atomic mass is 19.4. The number of rotatable bonds is 8. The van der Waals surface area contributed by atoms with Crippen LogP contribution in [0.5, 0.6) is 17.4 Å². The lowest BCUT2D eigenvalue weighted by atomic mass is 9.86. The van der Waals surface area contributed by atoms with Crippen LogP contribution in [0.25, 0.3) is 10.9 Å². The minimum atomic E-state index is -4.85. The van der Waals surface area contributed by atoms with Gasteiger partial charge in [0.05, 0.1) is 23.3 Å². The Kier molecular flexibility index (Phi) is 8.51. The Bertz CT molecular complexity index is 1820. The molecule has 2 atom stereocenters. The fraction of sp³-hybridized carbons (Fsp3) is 0.242. The summed E-state index contributed by atoms with van der Waals surface area (Å²) in [5, 5.41) is 0.286. The van der Waals surface area contributed by atoms with Crippen LogP contribution in [0.1, 0.15) is 35.2 Å². The fourth-order valence-corrected chi connectivity index (χ4v) is 5.39. The van der Waals surface area contributed by atoms with Gasteiger partial charge in [-0.1, -0.05) is 36.4 Å². The average Bonchev–Trinajstić information content (AvgIpc) is 3.02. The zero-order valence-electron chi connectivity index (χ0n) is 23.9. The van der Waals surface area contributed by atoms with E-state index in [1.54, 1.807) is 0 Å². The number of aromatic nitrogens is 3. The van der Waals surface area contributed by atoms with Crippen molar-refractivity contribution < 1.29 is 40.2 Å². The molecule has 1 fully saturated rings. The predicted molar refractivity (Wildman–Crippen MR) is 154 cm³/mol. The molecule has 3 aromatic heterocycles. The summed E-state index contributed by atoms with van der Waals surface area (Å²) in [6.07, 6.45) is -2.12. The van der Waals surface area contributed by atoms with Crippen LogP contribution < -0.4 is 9.47 Å². The van der Waals surface area contributed by atoms with Gasteiger partial charge in [-0.25, -0.2) is 22.5 Å². The second kappa shape index (κ2) is 12.5. The fourth-order valence-electron chi connectivity index (χ4n) is 5.39. The van der Waals surface area contributed by atoms with Crippen molar-refractivity contribution in [2.45, 2.75) is 37.1 Å². The minimum absolute atomic E-state index is 0.0473. The van der Waals surface area contributed by atoms with E-state index in [1.165, 1.54) is 30.6 Å². The Labute approximate surface area is 258 Å². The molecule has 2 aromatic carbocycles. The lowest BCUT2D eigenvalue weighted by Gasteiger charge is -2.42. The summed E-state index contributed by atoms with van der Waals surface area (Å²) in [5.41, 5.74) is 0.673. The van der Waals surface area contributed by atoms with Crippen LogP contribution in [0.3, 0.4) is 0 Å². The third-order valence-electron chi connectivity index (χ3n) is 7.69. The zero-order chi connectivity index (χ0) is 32.5. The van der Waals surface area contributed by atoms with Crippen molar-refractivity contribution in [1.82, 2.24) is 19.9 Å². The predicted octanol–water partition coefficient (Wildman–Crippen LogP) is 8.40. The maximum Gasteiger partial charge on any atom is 0.409 e. The third kappa shape index (κ3) is 6.89. The number of halogens is 7. The summed E-state index contributed by atoms with van der Waals surface area (Å²) in [4.78, 5) is 13.2. The number of ether oxygens (including phenoxy) is 2. The van der Waals surface area contributed by atoms with Gasteiger partial charge in [0.1, 0.15) is 24.2 Å². The summed E-state index contributed by atoms with van der Waals surface area (Å²) < 4.78 is 112. The van der Waals surface area contributed by atoms with E-state index in [2.05, 4.69) is 15.0 Å². The number of pyridine rings is 3. The van der Waals surface area contributed by atoms with E-state index >= 15 is 8.78 Å². The number of piperidine rings is 1. The average molecular weight is 643 g/mol. The molecule has 4 heterocycles. The number of alkyl halides is 5. The maximum atomic E-state index is 15.2. The van der Waals surface area contributed by atoms with Gasteiger partial charge in [0.15, 0.2) is 11.6 Å². The van der Waals surface area contributed by atoms with Crippen LogP contribution in [0.15, 0.2) is 91.4 Å². The first-order valence-electron chi connectivity index (χ1n) is 14.2. The summed E-state index contributed by atoms with van der Waals surface area (Å²) >= 11 is 0. The molecule has 6 nitrogen and oxygen atoms in total. The molecule has 238 valence electrons. The van der Waals surface area contributed by atoms with Crippen LogP contribution in [-0.2, 0) is 6.61 Å².